The third kappa shape index (κ3) is 4.80. The van der Waals surface area contributed by atoms with Crippen LogP contribution in [0.3, 0.4) is 0 Å². The molecule has 8 heteroatoms. The quantitative estimate of drug-likeness (QED) is 0.432. The van der Waals surface area contributed by atoms with E-state index in [1.807, 2.05) is 31.5 Å². The second kappa shape index (κ2) is 8.84. The van der Waals surface area contributed by atoms with Gasteiger partial charge >= 0.3 is 0 Å². The molecular weight excluding hydrogens is 441 g/mol. The van der Waals surface area contributed by atoms with E-state index in [1.54, 1.807) is 11.3 Å². The van der Waals surface area contributed by atoms with Gasteiger partial charge in [0, 0.05) is 44.3 Å². The van der Waals surface area contributed by atoms with Crippen molar-refractivity contribution in [3.8, 4) is 0 Å². The van der Waals surface area contributed by atoms with Gasteiger partial charge in [-0.05, 0) is 24.4 Å². The van der Waals surface area contributed by atoms with Crippen LogP contribution < -0.4 is 10.2 Å². The lowest BCUT2D eigenvalue weighted by atomic mass is 10.3. The molecule has 23 heavy (non-hydrogen) atoms. The molecule has 0 radical (unpaired) electrons. The summed E-state index contributed by atoms with van der Waals surface area (Å²) in [5.74, 6) is 0.983. The molecule has 0 bridgehead atoms. The first-order valence-corrected chi connectivity index (χ1v) is 9.11. The smallest absolute Gasteiger partial charge is 0.194 e. The third-order valence-electron chi connectivity index (χ3n) is 3.70. The summed E-state index contributed by atoms with van der Waals surface area (Å²) in [4.78, 5) is 14.7. The number of nitrogens with zero attached hydrogens (tertiary/aromatic N) is 4. The van der Waals surface area contributed by atoms with Gasteiger partial charge in [-0.25, -0.2) is 4.98 Å². The van der Waals surface area contributed by atoms with E-state index in [9.17, 15) is 0 Å². The maximum absolute atomic E-state index is 4.42. The number of anilines is 1. The predicted molar refractivity (Wildman–Crippen MR) is 111 cm³/mol. The number of aromatic nitrogens is 1. The summed E-state index contributed by atoms with van der Waals surface area (Å²) in [6.45, 7) is 6.91. The molecule has 0 saturated carbocycles. The van der Waals surface area contributed by atoms with Gasteiger partial charge in [-0.2, -0.15) is 0 Å². The van der Waals surface area contributed by atoms with Crippen LogP contribution in [0.15, 0.2) is 28.7 Å². The summed E-state index contributed by atoms with van der Waals surface area (Å²) in [6, 6.07) is 4.31. The second-order valence-corrected chi connectivity index (χ2v) is 7.42. The summed E-state index contributed by atoms with van der Waals surface area (Å²) in [6.07, 6.45) is 1.94. The minimum atomic E-state index is 0. The van der Waals surface area contributed by atoms with Gasteiger partial charge < -0.3 is 15.1 Å². The average molecular weight is 463 g/mol. The molecule has 3 heterocycles. The van der Waals surface area contributed by atoms with Crippen molar-refractivity contribution in [3.63, 3.8) is 0 Å². The van der Waals surface area contributed by atoms with Gasteiger partial charge in [0.25, 0.3) is 0 Å². The lowest BCUT2D eigenvalue weighted by molar-refractivity contribution is 0.373. The lowest BCUT2D eigenvalue weighted by Crippen LogP contribution is -2.52. The highest BCUT2D eigenvalue weighted by Crippen LogP contribution is 2.22. The molecule has 0 unspecified atom stereocenters. The maximum Gasteiger partial charge on any atom is 0.194 e. The Labute approximate surface area is 162 Å². The number of rotatable bonds is 3. The molecule has 1 saturated heterocycles. The molecule has 1 aliphatic rings. The van der Waals surface area contributed by atoms with Gasteiger partial charge in [-0.3, -0.25) is 4.99 Å². The van der Waals surface area contributed by atoms with Crippen LogP contribution >= 0.6 is 46.7 Å². The normalized spacial score (nSPS) is 15.5. The van der Waals surface area contributed by atoms with Gasteiger partial charge in [-0.15, -0.1) is 46.7 Å². The van der Waals surface area contributed by atoms with Gasteiger partial charge in [-0.1, -0.05) is 0 Å². The van der Waals surface area contributed by atoms with E-state index < -0.39 is 0 Å². The highest BCUT2D eigenvalue weighted by molar-refractivity contribution is 14.0. The third-order valence-corrected chi connectivity index (χ3v) is 5.54. The largest absolute Gasteiger partial charge is 0.360 e. The number of thiophene rings is 1. The van der Waals surface area contributed by atoms with Crippen LogP contribution in [0.4, 0.5) is 5.00 Å². The zero-order chi connectivity index (χ0) is 15.4. The Morgan fingerprint density at radius 1 is 1.35 bits per heavy atom. The van der Waals surface area contributed by atoms with Crippen molar-refractivity contribution in [1.82, 2.24) is 15.2 Å². The zero-order valence-corrected chi connectivity index (χ0v) is 17.3. The van der Waals surface area contributed by atoms with Crippen molar-refractivity contribution < 1.29 is 0 Å². The molecule has 0 spiro atoms. The van der Waals surface area contributed by atoms with Crippen molar-refractivity contribution in [2.45, 2.75) is 13.5 Å². The van der Waals surface area contributed by atoms with E-state index in [2.05, 4.69) is 42.6 Å². The van der Waals surface area contributed by atoms with Crippen LogP contribution in [0.25, 0.3) is 0 Å². The Kier molecular flexibility index (Phi) is 7.09. The van der Waals surface area contributed by atoms with Gasteiger partial charge in [0.05, 0.1) is 16.6 Å². The van der Waals surface area contributed by atoms with Crippen molar-refractivity contribution in [2.24, 2.45) is 4.99 Å². The number of piperazine rings is 1. The van der Waals surface area contributed by atoms with E-state index in [-0.39, 0.29) is 24.0 Å². The number of nitrogens with one attached hydrogen (secondary N) is 1. The molecule has 2 aromatic rings. The standard InChI is InChI=1S/C15H21N5S2.HI/c1-12-17-10-13(22-12)11-18-15(16-2)20-7-5-19(6-8-20)14-4-3-9-21-14;/h3-4,9-10H,5-8,11H2,1-2H3,(H,16,18);1H. The van der Waals surface area contributed by atoms with Crippen molar-refractivity contribution in [3.05, 3.63) is 33.6 Å². The summed E-state index contributed by atoms with van der Waals surface area (Å²) < 4.78 is 0. The molecule has 2 aromatic heterocycles. The Bertz CT molecular complexity index is 618. The molecule has 1 fully saturated rings. The van der Waals surface area contributed by atoms with Crippen LogP contribution in [-0.4, -0.2) is 49.1 Å². The topological polar surface area (TPSA) is 43.8 Å². The maximum atomic E-state index is 4.42. The molecule has 126 valence electrons. The lowest BCUT2D eigenvalue weighted by Gasteiger charge is -2.36. The molecular formula is C15H22IN5S2. The van der Waals surface area contributed by atoms with Crippen molar-refractivity contribution >= 4 is 57.6 Å². The predicted octanol–water partition coefficient (Wildman–Crippen LogP) is 3.03. The monoisotopic (exact) mass is 463 g/mol. The molecule has 1 aliphatic heterocycles. The van der Waals surface area contributed by atoms with Crippen molar-refractivity contribution in [1.29, 1.82) is 0 Å². The minimum Gasteiger partial charge on any atom is -0.360 e. The molecule has 0 aromatic carbocycles. The Morgan fingerprint density at radius 2 is 2.13 bits per heavy atom. The Morgan fingerprint density at radius 3 is 2.70 bits per heavy atom. The molecule has 1 N–H and O–H groups in total. The number of thiazole rings is 1. The van der Waals surface area contributed by atoms with Gasteiger partial charge in [0.1, 0.15) is 0 Å². The van der Waals surface area contributed by atoms with Gasteiger partial charge in [0.15, 0.2) is 5.96 Å². The van der Waals surface area contributed by atoms with E-state index in [0.29, 0.717) is 0 Å². The van der Waals surface area contributed by atoms with E-state index >= 15 is 0 Å². The van der Waals surface area contributed by atoms with Crippen LogP contribution in [-0.2, 0) is 6.54 Å². The summed E-state index contributed by atoms with van der Waals surface area (Å²) in [5.41, 5.74) is 0. The molecule has 3 rings (SSSR count). The molecule has 0 aliphatic carbocycles. The van der Waals surface area contributed by atoms with E-state index in [0.717, 1.165) is 43.7 Å². The fraction of sp³-hybridized carbons (Fsp3) is 0.467. The first-order chi connectivity index (χ1) is 10.8. The summed E-state index contributed by atoms with van der Waals surface area (Å²) in [5, 5.41) is 8.06. The highest BCUT2D eigenvalue weighted by atomic mass is 127. The molecule has 0 amide bonds. The van der Waals surface area contributed by atoms with E-state index in [4.69, 9.17) is 0 Å². The van der Waals surface area contributed by atoms with Crippen LogP contribution in [0, 0.1) is 6.92 Å². The minimum absolute atomic E-state index is 0. The summed E-state index contributed by atoms with van der Waals surface area (Å²) >= 11 is 3.54. The molecule has 5 nitrogen and oxygen atoms in total. The van der Waals surface area contributed by atoms with Crippen molar-refractivity contribution in [2.75, 3.05) is 38.1 Å². The van der Waals surface area contributed by atoms with Crippen LogP contribution in [0.2, 0.25) is 0 Å². The SMILES string of the molecule is CN=C(NCc1cnc(C)s1)N1CCN(c2cccs2)CC1.I. The number of hydrogen-bond donors (Lipinski definition) is 1. The number of aryl methyl sites for hydroxylation is 1. The average Bonchev–Trinajstić information content (AvgIpc) is 3.20. The number of guanidine groups is 1. The number of aliphatic imine (C=N–C) groups is 1. The highest BCUT2D eigenvalue weighted by Gasteiger charge is 2.20. The Balaban J connectivity index is 0.00000192. The second-order valence-electron chi connectivity index (χ2n) is 5.17. The number of halogens is 1. The first-order valence-electron chi connectivity index (χ1n) is 7.41. The fourth-order valence-electron chi connectivity index (χ4n) is 2.57. The first kappa shape index (κ1) is 18.5. The summed E-state index contributed by atoms with van der Waals surface area (Å²) in [7, 11) is 1.85. The number of hydrogen-bond acceptors (Lipinski definition) is 5. The van der Waals surface area contributed by atoms with E-state index in [1.165, 1.54) is 9.88 Å². The Hall–Kier alpha value is -0.870. The molecule has 0 atom stereocenters. The zero-order valence-electron chi connectivity index (χ0n) is 13.4. The van der Waals surface area contributed by atoms with Crippen LogP contribution in [0.1, 0.15) is 9.88 Å². The van der Waals surface area contributed by atoms with Crippen LogP contribution in [0.5, 0.6) is 0 Å². The van der Waals surface area contributed by atoms with Gasteiger partial charge in [0.2, 0.25) is 0 Å². The fourth-order valence-corrected chi connectivity index (χ4v) is 4.09.